The van der Waals surface area contributed by atoms with Crippen LogP contribution in [-0.2, 0) is 0 Å². The van der Waals surface area contributed by atoms with Gasteiger partial charge in [-0.1, -0.05) is 36.7 Å². The molecule has 0 bridgehead atoms. The molecule has 23 heavy (non-hydrogen) atoms. The highest BCUT2D eigenvalue weighted by atomic mass is 32.2. The summed E-state index contributed by atoms with van der Waals surface area (Å²) < 4.78 is 1.99. The third kappa shape index (κ3) is 2.51. The number of hydrogen-bond donors (Lipinski definition) is 2. The topological polar surface area (TPSA) is 70.4 Å². The highest BCUT2D eigenvalue weighted by Gasteiger charge is 2.32. The number of nitrogens with zero attached hydrogens (tertiary/aromatic N) is 2. The largest absolute Gasteiger partial charge is 0.508 e. The summed E-state index contributed by atoms with van der Waals surface area (Å²) in [6.07, 6.45) is 4.61. The van der Waals surface area contributed by atoms with E-state index >= 15 is 0 Å². The van der Waals surface area contributed by atoms with Crippen molar-refractivity contribution in [2.75, 3.05) is 0 Å². The van der Waals surface area contributed by atoms with Crippen LogP contribution in [0.4, 0.5) is 5.82 Å². The Morgan fingerprint density at radius 3 is 2.65 bits per heavy atom. The second-order valence-electron chi connectivity index (χ2n) is 6.21. The fraction of sp³-hybridized carbons (Fsp3) is 0.412. The summed E-state index contributed by atoms with van der Waals surface area (Å²) in [5.74, 6) is 1.02. The summed E-state index contributed by atoms with van der Waals surface area (Å²) in [5.41, 5.74) is 1.70. The third-order valence-corrected chi connectivity index (χ3v) is 5.81. The van der Waals surface area contributed by atoms with Gasteiger partial charge in [-0.25, -0.2) is 4.99 Å². The summed E-state index contributed by atoms with van der Waals surface area (Å²) in [5, 5.41) is 13.4. The van der Waals surface area contributed by atoms with E-state index in [-0.39, 0.29) is 16.6 Å². The SMILES string of the molecule is CC1=Nc2c(c(=O)[nH]n2C2CCCC2)[C@@H](c2ccc(O)cc2)S1. The molecule has 120 valence electrons. The Morgan fingerprint density at radius 2 is 1.96 bits per heavy atom. The first kappa shape index (κ1) is 14.6. The zero-order valence-electron chi connectivity index (χ0n) is 13.0. The molecule has 2 aromatic rings. The monoisotopic (exact) mass is 329 g/mol. The zero-order chi connectivity index (χ0) is 16.0. The Balaban J connectivity index is 1.83. The first-order chi connectivity index (χ1) is 11.1. The molecule has 2 N–H and O–H groups in total. The van der Waals surface area contributed by atoms with Gasteiger partial charge in [0.1, 0.15) is 5.75 Å². The van der Waals surface area contributed by atoms with E-state index in [1.165, 1.54) is 12.8 Å². The third-order valence-electron chi connectivity index (χ3n) is 4.64. The molecule has 2 heterocycles. The molecule has 5 nitrogen and oxygen atoms in total. The number of phenols is 1. The highest BCUT2D eigenvalue weighted by molar-refractivity contribution is 8.14. The van der Waals surface area contributed by atoms with Crippen molar-refractivity contribution in [3.8, 4) is 5.75 Å². The van der Waals surface area contributed by atoms with Gasteiger partial charge in [0.25, 0.3) is 5.56 Å². The lowest BCUT2D eigenvalue weighted by atomic mass is 10.1. The predicted octanol–water partition coefficient (Wildman–Crippen LogP) is 3.88. The van der Waals surface area contributed by atoms with Gasteiger partial charge < -0.3 is 5.11 Å². The fourth-order valence-electron chi connectivity index (χ4n) is 3.52. The molecule has 0 spiro atoms. The molecule has 6 heteroatoms. The van der Waals surface area contributed by atoms with Crippen molar-refractivity contribution in [1.29, 1.82) is 0 Å². The van der Waals surface area contributed by atoms with E-state index in [9.17, 15) is 9.90 Å². The molecule has 1 aromatic heterocycles. The fourth-order valence-corrected chi connectivity index (χ4v) is 4.62. The summed E-state index contributed by atoms with van der Waals surface area (Å²) in [7, 11) is 0. The molecular weight excluding hydrogens is 310 g/mol. The molecular formula is C17H19N3O2S. The van der Waals surface area contributed by atoms with Crippen LogP contribution >= 0.6 is 11.8 Å². The van der Waals surface area contributed by atoms with Crippen molar-refractivity contribution >= 4 is 22.6 Å². The van der Waals surface area contributed by atoms with Gasteiger partial charge in [-0.05, 0) is 37.5 Å². The minimum atomic E-state index is -0.0745. The zero-order valence-corrected chi connectivity index (χ0v) is 13.8. The van der Waals surface area contributed by atoms with Crippen LogP contribution in [0.15, 0.2) is 34.1 Å². The summed E-state index contributed by atoms with van der Waals surface area (Å²) in [4.78, 5) is 17.3. The number of H-pyrrole nitrogens is 1. The Kier molecular flexibility index (Phi) is 3.56. The number of fused-ring (bicyclic) bond motifs is 1. The van der Waals surface area contributed by atoms with Crippen LogP contribution in [0, 0.1) is 0 Å². The number of aliphatic imine (C=N–C) groups is 1. The van der Waals surface area contributed by atoms with Crippen LogP contribution in [0.1, 0.15) is 55.0 Å². The Morgan fingerprint density at radius 1 is 1.26 bits per heavy atom. The molecule has 1 aromatic carbocycles. The second kappa shape index (κ2) is 5.60. The van der Waals surface area contributed by atoms with E-state index in [4.69, 9.17) is 0 Å². The number of hydrogen-bond acceptors (Lipinski definition) is 4. The van der Waals surface area contributed by atoms with Crippen LogP contribution < -0.4 is 5.56 Å². The highest BCUT2D eigenvalue weighted by Crippen LogP contribution is 2.45. The van der Waals surface area contributed by atoms with Crippen LogP contribution in [0.2, 0.25) is 0 Å². The summed E-state index contributed by atoms with van der Waals surface area (Å²) in [6.45, 7) is 1.98. The Bertz CT molecular complexity index is 813. The number of phenolic OH excluding ortho intramolecular Hbond substituents is 1. The van der Waals surface area contributed by atoms with Gasteiger partial charge in [0.2, 0.25) is 0 Å². The van der Waals surface area contributed by atoms with Crippen molar-refractivity contribution in [3.63, 3.8) is 0 Å². The molecule has 1 aliphatic carbocycles. The standard InChI is InChI=1S/C17H19N3O2S/c1-10-18-16-14(15(23-10)11-6-8-13(21)9-7-11)17(22)19-20(16)12-4-2-3-5-12/h6-9,12,15,21H,2-5H2,1H3,(H,19,22)/t15-/m1/s1. The van der Waals surface area contributed by atoms with Crippen LogP contribution in [0.25, 0.3) is 0 Å². The van der Waals surface area contributed by atoms with Gasteiger partial charge in [-0.2, -0.15) is 0 Å². The minimum absolute atomic E-state index is 0.0475. The Labute approximate surface area is 138 Å². The van der Waals surface area contributed by atoms with E-state index in [0.717, 1.165) is 34.8 Å². The minimum Gasteiger partial charge on any atom is -0.508 e. The predicted molar refractivity (Wildman–Crippen MR) is 92.9 cm³/mol. The lowest BCUT2D eigenvalue weighted by molar-refractivity contribution is 0.468. The number of rotatable bonds is 2. The van der Waals surface area contributed by atoms with Crippen LogP contribution in [0.3, 0.4) is 0 Å². The number of benzene rings is 1. The van der Waals surface area contributed by atoms with E-state index in [0.29, 0.717) is 6.04 Å². The number of aromatic amines is 1. The average Bonchev–Trinajstić information content (AvgIpc) is 3.15. The number of aromatic nitrogens is 2. The lowest BCUT2D eigenvalue weighted by Crippen LogP contribution is -2.13. The van der Waals surface area contributed by atoms with Crippen molar-refractivity contribution in [2.24, 2.45) is 4.99 Å². The Hall–Kier alpha value is -1.95. The molecule has 4 rings (SSSR count). The van der Waals surface area contributed by atoms with Gasteiger partial charge in [0.05, 0.1) is 21.9 Å². The quantitative estimate of drug-likeness (QED) is 0.878. The van der Waals surface area contributed by atoms with Crippen molar-refractivity contribution in [1.82, 2.24) is 9.78 Å². The maximum Gasteiger partial charge on any atom is 0.271 e. The van der Waals surface area contributed by atoms with Gasteiger partial charge in [-0.15, -0.1) is 0 Å². The summed E-state index contributed by atoms with van der Waals surface area (Å²) >= 11 is 1.59. The molecule has 0 saturated heterocycles. The van der Waals surface area contributed by atoms with Crippen molar-refractivity contribution in [3.05, 3.63) is 45.7 Å². The number of nitrogens with one attached hydrogen (secondary N) is 1. The van der Waals surface area contributed by atoms with Gasteiger partial charge in [-0.3, -0.25) is 14.6 Å². The maximum atomic E-state index is 12.6. The summed E-state index contributed by atoms with van der Waals surface area (Å²) in [6, 6.07) is 7.44. The van der Waals surface area contributed by atoms with Gasteiger partial charge >= 0.3 is 0 Å². The lowest BCUT2D eigenvalue weighted by Gasteiger charge is -2.22. The maximum absolute atomic E-state index is 12.6. The van der Waals surface area contributed by atoms with Crippen molar-refractivity contribution < 1.29 is 5.11 Å². The van der Waals surface area contributed by atoms with Gasteiger partial charge in [0, 0.05) is 0 Å². The smallest absolute Gasteiger partial charge is 0.271 e. The average molecular weight is 329 g/mol. The molecule has 2 aliphatic rings. The first-order valence-corrected chi connectivity index (χ1v) is 8.87. The molecule has 1 atom stereocenters. The molecule has 0 amide bonds. The number of thioether (sulfide) groups is 1. The van der Waals surface area contributed by atoms with E-state index < -0.39 is 0 Å². The van der Waals surface area contributed by atoms with Crippen molar-refractivity contribution in [2.45, 2.75) is 43.9 Å². The second-order valence-corrected chi connectivity index (χ2v) is 7.50. The molecule has 0 unspecified atom stereocenters. The first-order valence-electron chi connectivity index (χ1n) is 7.99. The van der Waals surface area contributed by atoms with E-state index in [1.807, 2.05) is 23.7 Å². The molecule has 1 saturated carbocycles. The van der Waals surface area contributed by atoms with Crippen LogP contribution in [0.5, 0.6) is 5.75 Å². The number of aromatic hydroxyl groups is 1. The molecule has 1 aliphatic heterocycles. The molecule has 1 fully saturated rings. The van der Waals surface area contributed by atoms with Crippen LogP contribution in [-0.4, -0.2) is 19.9 Å². The molecule has 0 radical (unpaired) electrons. The normalized spacial score (nSPS) is 21.3. The van der Waals surface area contributed by atoms with Gasteiger partial charge in [0.15, 0.2) is 5.82 Å². The van der Waals surface area contributed by atoms with E-state index in [2.05, 4.69) is 10.1 Å². The van der Waals surface area contributed by atoms with E-state index in [1.54, 1.807) is 23.9 Å².